The summed E-state index contributed by atoms with van der Waals surface area (Å²) in [6.45, 7) is 1.81. The maximum absolute atomic E-state index is 14.4. The number of nitrogens with zero attached hydrogens (tertiary/aromatic N) is 1. The van der Waals surface area contributed by atoms with Gasteiger partial charge in [-0.15, -0.1) is 0 Å². The first-order valence-electron chi connectivity index (χ1n) is 6.23. The molecule has 7 heteroatoms. The van der Waals surface area contributed by atoms with Crippen molar-refractivity contribution in [2.45, 2.75) is 6.92 Å². The van der Waals surface area contributed by atoms with Crippen LogP contribution in [0.5, 0.6) is 11.5 Å². The molecular formula is C15H9BrF2INOS. The standard InChI is InChI=1S/C15H9BrF2INOS/c1-8-10-4-5-20(22-19)14(10)7-13(18)15(8)21-9-2-3-12(17)11(16)6-9/h2-7H,1H3. The zero-order valence-corrected chi connectivity index (χ0v) is 15.8. The number of hydrogen-bond donors (Lipinski definition) is 0. The maximum atomic E-state index is 14.4. The van der Waals surface area contributed by atoms with Crippen molar-refractivity contribution < 1.29 is 13.5 Å². The molecule has 0 amide bonds. The van der Waals surface area contributed by atoms with E-state index in [1.54, 1.807) is 0 Å². The Morgan fingerprint density at radius 3 is 2.64 bits per heavy atom. The fraction of sp³-hybridized carbons (Fsp3) is 0.0667. The van der Waals surface area contributed by atoms with Gasteiger partial charge in [-0.05, 0) is 47.1 Å². The van der Waals surface area contributed by atoms with E-state index in [0.29, 0.717) is 11.3 Å². The monoisotopic (exact) mass is 495 g/mol. The van der Waals surface area contributed by atoms with Crippen molar-refractivity contribution in [1.29, 1.82) is 0 Å². The molecule has 2 nitrogen and oxygen atoms in total. The molecule has 0 aliphatic rings. The van der Waals surface area contributed by atoms with Crippen LogP contribution in [-0.2, 0) is 0 Å². The van der Waals surface area contributed by atoms with Crippen LogP contribution in [0.25, 0.3) is 10.9 Å². The minimum Gasteiger partial charge on any atom is -0.454 e. The number of fused-ring (bicyclic) bond motifs is 1. The van der Waals surface area contributed by atoms with Crippen molar-refractivity contribution in [3.8, 4) is 11.5 Å². The van der Waals surface area contributed by atoms with E-state index in [4.69, 9.17) is 4.74 Å². The maximum Gasteiger partial charge on any atom is 0.168 e. The van der Waals surface area contributed by atoms with E-state index in [1.165, 1.54) is 33.4 Å². The quantitative estimate of drug-likeness (QED) is 0.378. The largest absolute Gasteiger partial charge is 0.454 e. The van der Waals surface area contributed by atoms with Crippen LogP contribution in [-0.4, -0.2) is 3.97 Å². The van der Waals surface area contributed by atoms with Gasteiger partial charge < -0.3 is 4.74 Å². The fourth-order valence-electron chi connectivity index (χ4n) is 2.22. The van der Waals surface area contributed by atoms with Gasteiger partial charge in [-0.2, -0.15) is 0 Å². The van der Waals surface area contributed by atoms with Crippen molar-refractivity contribution in [2.75, 3.05) is 0 Å². The molecule has 1 aromatic heterocycles. The summed E-state index contributed by atoms with van der Waals surface area (Å²) in [6.07, 6.45) is 1.88. The van der Waals surface area contributed by atoms with Crippen LogP contribution in [0.3, 0.4) is 0 Å². The average Bonchev–Trinajstić information content (AvgIpc) is 2.90. The van der Waals surface area contributed by atoms with Crippen LogP contribution < -0.4 is 4.74 Å². The Hall–Kier alpha value is -0.800. The van der Waals surface area contributed by atoms with Crippen LogP contribution in [0.1, 0.15) is 5.56 Å². The highest BCUT2D eigenvalue weighted by atomic mass is 127. The fourth-order valence-corrected chi connectivity index (χ4v) is 3.94. The molecule has 0 saturated heterocycles. The normalized spacial score (nSPS) is 11.1. The minimum atomic E-state index is -0.448. The minimum absolute atomic E-state index is 0.155. The van der Waals surface area contributed by atoms with E-state index in [9.17, 15) is 8.78 Å². The molecular weight excluding hydrogens is 487 g/mol. The smallest absolute Gasteiger partial charge is 0.168 e. The highest BCUT2D eigenvalue weighted by molar-refractivity contribution is 14.2. The van der Waals surface area contributed by atoms with Crippen molar-refractivity contribution in [3.05, 3.63) is 58.2 Å². The van der Waals surface area contributed by atoms with E-state index < -0.39 is 11.6 Å². The second kappa shape index (κ2) is 6.37. The number of benzene rings is 2. The lowest BCUT2D eigenvalue weighted by Gasteiger charge is -2.12. The third-order valence-electron chi connectivity index (χ3n) is 3.30. The lowest BCUT2D eigenvalue weighted by atomic mass is 10.1. The van der Waals surface area contributed by atoms with Gasteiger partial charge in [0.05, 0.1) is 9.99 Å². The van der Waals surface area contributed by atoms with Gasteiger partial charge in [0, 0.05) is 53.5 Å². The highest BCUT2D eigenvalue weighted by Crippen LogP contribution is 2.37. The molecule has 0 atom stereocenters. The van der Waals surface area contributed by atoms with Gasteiger partial charge in [0.2, 0.25) is 0 Å². The van der Waals surface area contributed by atoms with Crippen LogP contribution in [0.15, 0.2) is 41.0 Å². The van der Waals surface area contributed by atoms with Crippen LogP contribution in [0.2, 0.25) is 0 Å². The van der Waals surface area contributed by atoms with Crippen LogP contribution >= 0.6 is 46.3 Å². The zero-order valence-electron chi connectivity index (χ0n) is 11.2. The third kappa shape index (κ3) is 2.85. The second-order valence-corrected chi connectivity index (χ2v) is 7.20. The molecule has 0 N–H and O–H groups in total. The second-order valence-electron chi connectivity index (χ2n) is 4.63. The van der Waals surface area contributed by atoms with Gasteiger partial charge >= 0.3 is 0 Å². The first-order chi connectivity index (χ1) is 10.5. The van der Waals surface area contributed by atoms with Gasteiger partial charge in [-0.25, -0.2) is 8.78 Å². The number of aryl methyl sites for hydroxylation is 1. The zero-order chi connectivity index (χ0) is 15.9. The van der Waals surface area contributed by atoms with Gasteiger partial charge in [0.1, 0.15) is 11.6 Å². The summed E-state index contributed by atoms with van der Waals surface area (Å²) in [7, 11) is 1.47. The molecule has 0 saturated carbocycles. The molecule has 3 aromatic rings. The van der Waals surface area contributed by atoms with E-state index in [1.807, 2.05) is 23.2 Å². The third-order valence-corrected chi connectivity index (χ3v) is 5.65. The van der Waals surface area contributed by atoms with Crippen molar-refractivity contribution in [1.82, 2.24) is 3.97 Å². The first kappa shape index (κ1) is 16.1. The lowest BCUT2D eigenvalue weighted by molar-refractivity contribution is 0.438. The SMILES string of the molecule is Cc1c(Oc2ccc(F)c(Br)c2)c(F)cc2c1ccn2SI. The Balaban J connectivity index is 2.08. The molecule has 3 rings (SSSR count). The van der Waals surface area contributed by atoms with E-state index in [2.05, 4.69) is 37.1 Å². The van der Waals surface area contributed by atoms with Gasteiger partial charge in [-0.1, -0.05) is 0 Å². The molecule has 0 radical (unpaired) electrons. The Morgan fingerprint density at radius 2 is 1.95 bits per heavy atom. The Labute approximate surface area is 150 Å². The van der Waals surface area contributed by atoms with Gasteiger partial charge in [0.15, 0.2) is 11.6 Å². The number of halogens is 4. The van der Waals surface area contributed by atoms with Gasteiger partial charge in [0.25, 0.3) is 0 Å². The summed E-state index contributed by atoms with van der Waals surface area (Å²) in [5.74, 6) is -0.313. The Kier molecular flexibility index (Phi) is 4.65. The summed E-state index contributed by atoms with van der Waals surface area (Å²) in [6, 6.07) is 7.58. The average molecular weight is 496 g/mol. The highest BCUT2D eigenvalue weighted by Gasteiger charge is 2.16. The molecule has 0 fully saturated rings. The summed E-state index contributed by atoms with van der Waals surface area (Å²) in [5, 5.41) is 0.918. The topological polar surface area (TPSA) is 14.2 Å². The summed E-state index contributed by atoms with van der Waals surface area (Å²) in [5.41, 5.74) is 1.50. The predicted molar refractivity (Wildman–Crippen MR) is 97.8 cm³/mol. The first-order valence-corrected chi connectivity index (χ1v) is 10.3. The van der Waals surface area contributed by atoms with Crippen molar-refractivity contribution in [3.63, 3.8) is 0 Å². The lowest BCUT2D eigenvalue weighted by Crippen LogP contribution is -1.94. The summed E-state index contributed by atoms with van der Waals surface area (Å²) in [4.78, 5) is 0. The molecule has 0 spiro atoms. The molecule has 0 bridgehead atoms. The summed E-state index contributed by atoms with van der Waals surface area (Å²) < 4.78 is 35.5. The molecule has 1 heterocycles. The number of rotatable bonds is 3. The van der Waals surface area contributed by atoms with E-state index in [-0.39, 0.29) is 10.2 Å². The molecule has 0 aliphatic carbocycles. The Morgan fingerprint density at radius 1 is 1.18 bits per heavy atom. The van der Waals surface area contributed by atoms with Crippen LogP contribution in [0, 0.1) is 18.6 Å². The van der Waals surface area contributed by atoms with Crippen molar-refractivity contribution in [2.24, 2.45) is 0 Å². The van der Waals surface area contributed by atoms with Crippen LogP contribution in [0.4, 0.5) is 8.78 Å². The molecule has 0 aliphatic heterocycles. The number of hydrogen-bond acceptors (Lipinski definition) is 2. The Bertz CT molecular complexity index is 868. The molecule has 0 unspecified atom stereocenters. The molecule has 22 heavy (non-hydrogen) atoms. The number of aromatic nitrogens is 1. The number of ether oxygens (including phenoxy) is 1. The van der Waals surface area contributed by atoms with E-state index in [0.717, 1.165) is 10.9 Å². The van der Waals surface area contributed by atoms with E-state index >= 15 is 0 Å². The molecule has 114 valence electrons. The van der Waals surface area contributed by atoms with Gasteiger partial charge in [-0.3, -0.25) is 3.97 Å². The molecule has 2 aromatic carbocycles. The van der Waals surface area contributed by atoms with Crippen molar-refractivity contribution >= 4 is 57.2 Å². The summed E-state index contributed by atoms with van der Waals surface area (Å²) >= 11 is 5.23. The predicted octanol–water partition coefficient (Wildman–Crippen LogP) is 6.63.